The predicted octanol–water partition coefficient (Wildman–Crippen LogP) is 1.98. The van der Waals surface area contributed by atoms with E-state index in [-0.39, 0.29) is 22.6 Å². The molecule has 0 unspecified atom stereocenters. The van der Waals surface area contributed by atoms with Crippen molar-refractivity contribution >= 4 is 22.5 Å². The van der Waals surface area contributed by atoms with Gasteiger partial charge in [-0.25, -0.2) is 0 Å². The summed E-state index contributed by atoms with van der Waals surface area (Å²) in [6, 6.07) is 7.62. The summed E-state index contributed by atoms with van der Waals surface area (Å²) in [6.07, 6.45) is 0. The highest BCUT2D eigenvalue weighted by Crippen LogP contribution is 2.28. The van der Waals surface area contributed by atoms with E-state index >= 15 is 0 Å². The van der Waals surface area contributed by atoms with Gasteiger partial charge in [0.1, 0.15) is 5.56 Å². The second kappa shape index (κ2) is 4.87. The van der Waals surface area contributed by atoms with E-state index in [2.05, 4.69) is 10.2 Å². The molecule has 0 bridgehead atoms. The first kappa shape index (κ1) is 14.6. The van der Waals surface area contributed by atoms with E-state index in [0.717, 1.165) is 23.1 Å². The van der Waals surface area contributed by atoms with Gasteiger partial charge in [0.15, 0.2) is 0 Å². The van der Waals surface area contributed by atoms with E-state index in [9.17, 15) is 9.59 Å². The monoisotopic (exact) mass is 299 g/mol. The standard InChI is InChI=1S/C17H21N3O2/c1-17(2,3)18-15(21)12-10-11-6-5-7-13-14(11)20(16(12)22)9-8-19(13)4/h5-7,10H,8-9H2,1-4H3,(H,18,21). The van der Waals surface area contributed by atoms with Crippen molar-refractivity contribution in [2.45, 2.75) is 32.9 Å². The number of hydrogen-bond donors (Lipinski definition) is 1. The molecule has 0 saturated carbocycles. The summed E-state index contributed by atoms with van der Waals surface area (Å²) in [5.74, 6) is -0.313. The molecule has 1 aliphatic rings. The number of amides is 1. The molecule has 5 heteroatoms. The van der Waals surface area contributed by atoms with Gasteiger partial charge in [0.05, 0.1) is 11.2 Å². The highest BCUT2D eigenvalue weighted by molar-refractivity contribution is 6.00. The Balaban J connectivity index is 2.22. The molecule has 0 spiro atoms. The predicted molar refractivity (Wildman–Crippen MR) is 88.7 cm³/mol. The second-order valence-electron chi connectivity index (χ2n) is 6.86. The number of carbonyl (C=O) groups is 1. The van der Waals surface area contributed by atoms with Crippen molar-refractivity contribution in [1.82, 2.24) is 9.88 Å². The van der Waals surface area contributed by atoms with Gasteiger partial charge in [-0.2, -0.15) is 0 Å². The lowest BCUT2D eigenvalue weighted by Crippen LogP contribution is -2.44. The number of benzene rings is 1. The summed E-state index contributed by atoms with van der Waals surface area (Å²) in [7, 11) is 2.02. The van der Waals surface area contributed by atoms with Crippen LogP contribution in [0.15, 0.2) is 29.1 Å². The van der Waals surface area contributed by atoms with Crippen molar-refractivity contribution in [3.63, 3.8) is 0 Å². The van der Waals surface area contributed by atoms with Gasteiger partial charge in [0.2, 0.25) is 0 Å². The molecule has 0 aliphatic carbocycles. The van der Waals surface area contributed by atoms with Crippen molar-refractivity contribution in [2.24, 2.45) is 0 Å². The van der Waals surface area contributed by atoms with Gasteiger partial charge >= 0.3 is 0 Å². The van der Waals surface area contributed by atoms with Crippen LogP contribution in [0.1, 0.15) is 31.1 Å². The van der Waals surface area contributed by atoms with Gasteiger partial charge in [0, 0.05) is 31.1 Å². The minimum atomic E-state index is -0.373. The summed E-state index contributed by atoms with van der Waals surface area (Å²) in [6.45, 7) is 7.07. The first-order valence-electron chi connectivity index (χ1n) is 7.48. The number of nitrogens with zero attached hydrogens (tertiary/aromatic N) is 2. The van der Waals surface area contributed by atoms with Crippen LogP contribution < -0.4 is 15.8 Å². The van der Waals surface area contributed by atoms with Crippen LogP contribution in [0.4, 0.5) is 5.69 Å². The van der Waals surface area contributed by atoms with Crippen LogP contribution in [0, 0.1) is 0 Å². The van der Waals surface area contributed by atoms with Crippen LogP contribution in [0.25, 0.3) is 10.9 Å². The van der Waals surface area contributed by atoms with E-state index in [0.29, 0.717) is 6.54 Å². The molecule has 0 radical (unpaired) electrons. The highest BCUT2D eigenvalue weighted by atomic mass is 16.2. The Morgan fingerprint density at radius 2 is 1.95 bits per heavy atom. The van der Waals surface area contributed by atoms with Gasteiger partial charge in [0.25, 0.3) is 11.5 Å². The Labute approximate surface area is 129 Å². The molecule has 22 heavy (non-hydrogen) atoms. The molecule has 1 amide bonds. The minimum Gasteiger partial charge on any atom is -0.371 e. The minimum absolute atomic E-state index is 0.212. The number of nitrogens with one attached hydrogen (secondary N) is 1. The third kappa shape index (κ3) is 2.36. The number of aromatic nitrogens is 1. The molecule has 0 atom stereocenters. The number of likely N-dealkylation sites (N-methyl/N-ethyl adjacent to an activating group) is 1. The lowest BCUT2D eigenvalue weighted by molar-refractivity contribution is 0.0917. The lowest BCUT2D eigenvalue weighted by atomic mass is 10.1. The molecule has 2 heterocycles. The molecule has 0 saturated heterocycles. The Hall–Kier alpha value is -2.30. The zero-order valence-corrected chi connectivity index (χ0v) is 13.4. The zero-order chi connectivity index (χ0) is 16.1. The first-order valence-corrected chi connectivity index (χ1v) is 7.48. The molecular weight excluding hydrogens is 278 g/mol. The fourth-order valence-electron chi connectivity index (χ4n) is 2.89. The summed E-state index contributed by atoms with van der Waals surface area (Å²) < 4.78 is 1.72. The lowest BCUT2D eigenvalue weighted by Gasteiger charge is -2.29. The second-order valence-corrected chi connectivity index (χ2v) is 6.86. The molecule has 1 aromatic carbocycles. The summed E-state index contributed by atoms with van der Waals surface area (Å²) >= 11 is 0. The molecule has 1 N–H and O–H groups in total. The average molecular weight is 299 g/mol. The Kier molecular flexibility index (Phi) is 3.24. The number of carbonyl (C=O) groups excluding carboxylic acids is 1. The van der Waals surface area contributed by atoms with Crippen LogP contribution in [0.5, 0.6) is 0 Å². The van der Waals surface area contributed by atoms with Crippen molar-refractivity contribution < 1.29 is 4.79 Å². The molecule has 3 rings (SSSR count). The van der Waals surface area contributed by atoms with Crippen LogP contribution in [-0.4, -0.2) is 29.6 Å². The van der Waals surface area contributed by atoms with Gasteiger partial charge in [-0.15, -0.1) is 0 Å². The van der Waals surface area contributed by atoms with E-state index in [4.69, 9.17) is 0 Å². The van der Waals surface area contributed by atoms with E-state index in [1.54, 1.807) is 10.6 Å². The normalized spacial score (nSPS) is 14.3. The Morgan fingerprint density at radius 1 is 1.23 bits per heavy atom. The molecule has 116 valence electrons. The smallest absolute Gasteiger partial charge is 0.264 e. The fourth-order valence-corrected chi connectivity index (χ4v) is 2.89. The van der Waals surface area contributed by atoms with Crippen LogP contribution >= 0.6 is 0 Å². The molecule has 5 nitrogen and oxygen atoms in total. The van der Waals surface area contributed by atoms with E-state index in [1.807, 2.05) is 46.0 Å². The Bertz CT molecular complexity index is 815. The highest BCUT2D eigenvalue weighted by Gasteiger charge is 2.23. The zero-order valence-electron chi connectivity index (χ0n) is 13.4. The van der Waals surface area contributed by atoms with Crippen LogP contribution in [0.2, 0.25) is 0 Å². The summed E-state index contributed by atoms with van der Waals surface area (Å²) in [4.78, 5) is 27.3. The fraction of sp³-hybridized carbons (Fsp3) is 0.412. The average Bonchev–Trinajstić information content (AvgIpc) is 2.42. The van der Waals surface area contributed by atoms with Crippen LogP contribution in [0.3, 0.4) is 0 Å². The van der Waals surface area contributed by atoms with Crippen molar-refractivity contribution in [3.8, 4) is 0 Å². The quantitative estimate of drug-likeness (QED) is 0.876. The molecule has 1 aliphatic heterocycles. The van der Waals surface area contributed by atoms with Gasteiger partial charge in [-0.3, -0.25) is 9.59 Å². The molecule has 1 aromatic heterocycles. The number of anilines is 1. The number of para-hydroxylation sites is 1. The van der Waals surface area contributed by atoms with E-state index in [1.165, 1.54) is 0 Å². The maximum Gasteiger partial charge on any atom is 0.264 e. The van der Waals surface area contributed by atoms with Gasteiger partial charge in [-0.05, 0) is 32.9 Å². The first-order chi connectivity index (χ1) is 10.3. The van der Waals surface area contributed by atoms with Crippen molar-refractivity contribution in [3.05, 3.63) is 40.2 Å². The maximum absolute atomic E-state index is 12.7. The largest absolute Gasteiger partial charge is 0.371 e. The van der Waals surface area contributed by atoms with Crippen molar-refractivity contribution in [1.29, 1.82) is 0 Å². The van der Waals surface area contributed by atoms with E-state index < -0.39 is 0 Å². The third-order valence-corrected chi connectivity index (χ3v) is 3.89. The summed E-state index contributed by atoms with van der Waals surface area (Å²) in [5.41, 5.74) is 1.57. The molecule has 2 aromatic rings. The van der Waals surface area contributed by atoms with Crippen molar-refractivity contribution in [2.75, 3.05) is 18.5 Å². The Morgan fingerprint density at radius 3 is 2.64 bits per heavy atom. The maximum atomic E-state index is 12.7. The van der Waals surface area contributed by atoms with Gasteiger partial charge in [-0.1, -0.05) is 12.1 Å². The number of hydrogen-bond acceptors (Lipinski definition) is 3. The SMILES string of the molecule is CN1CCn2c(=O)c(C(=O)NC(C)(C)C)cc3cccc1c32. The van der Waals surface area contributed by atoms with Gasteiger partial charge < -0.3 is 14.8 Å². The summed E-state index contributed by atoms with van der Waals surface area (Å²) in [5, 5.41) is 3.79. The molecule has 0 fully saturated rings. The topological polar surface area (TPSA) is 54.3 Å². The number of rotatable bonds is 1. The molecular formula is C17H21N3O2. The number of pyridine rings is 1. The third-order valence-electron chi connectivity index (χ3n) is 3.89. The van der Waals surface area contributed by atoms with Crippen LogP contribution in [-0.2, 0) is 6.54 Å².